The summed E-state index contributed by atoms with van der Waals surface area (Å²) in [5.41, 5.74) is 5.45. The Hall–Kier alpha value is -1.30. The molecule has 102 valence electrons. The second-order valence-corrected chi connectivity index (χ2v) is 6.11. The summed E-state index contributed by atoms with van der Waals surface area (Å²) >= 11 is 0. The lowest BCUT2D eigenvalue weighted by Crippen LogP contribution is -2.62. The molecule has 2 rings (SSSR count). The van der Waals surface area contributed by atoms with Crippen molar-refractivity contribution in [3.63, 3.8) is 0 Å². The lowest BCUT2D eigenvalue weighted by molar-refractivity contribution is -0.446. The van der Waals surface area contributed by atoms with Gasteiger partial charge in [-0.25, -0.2) is 0 Å². The molecule has 0 bridgehead atoms. The number of nitrogens with one attached hydrogen (secondary N) is 1. The lowest BCUT2D eigenvalue weighted by atomic mass is 9.76. The lowest BCUT2D eigenvalue weighted by Gasteiger charge is -2.49. The molecule has 1 fully saturated rings. The van der Waals surface area contributed by atoms with Crippen LogP contribution in [0, 0.1) is 15.5 Å². The average Bonchev–Trinajstić information content (AvgIpc) is 2.36. The van der Waals surface area contributed by atoms with E-state index in [1.165, 1.54) is 0 Å². The van der Waals surface area contributed by atoms with Crippen LogP contribution in [0.3, 0.4) is 0 Å². The van der Waals surface area contributed by atoms with Crippen LogP contribution in [0.15, 0.2) is 11.5 Å². The van der Waals surface area contributed by atoms with Crippen LogP contribution in [-0.4, -0.2) is 28.6 Å². The summed E-state index contributed by atoms with van der Waals surface area (Å²) in [6.07, 6.45) is 2.78. The molecular weight excluding hydrogens is 232 g/mol. The van der Waals surface area contributed by atoms with E-state index in [9.17, 15) is 10.1 Å². The number of rotatable bonds is 1. The summed E-state index contributed by atoms with van der Waals surface area (Å²) in [7, 11) is 0. The van der Waals surface area contributed by atoms with Crippen LogP contribution in [0.4, 0.5) is 0 Å². The second-order valence-electron chi connectivity index (χ2n) is 6.11. The molecule has 2 aliphatic rings. The molecule has 6 heteroatoms. The zero-order valence-corrected chi connectivity index (χ0v) is 11.3. The predicted octanol–water partition coefficient (Wildman–Crippen LogP) is 1.22. The highest BCUT2D eigenvalue weighted by molar-refractivity contribution is 5.20. The molecule has 6 nitrogen and oxygen atoms in total. The zero-order chi connectivity index (χ0) is 13.6. The smallest absolute Gasteiger partial charge is 0.291 e. The first kappa shape index (κ1) is 13.1. The SMILES string of the molecule is CC1(C)CC2(C)NCCCCN2C(N)=C1[N+](=O)[O-]. The number of allylic oxidation sites excluding steroid dienone is 1. The third-order valence-corrected chi connectivity index (χ3v) is 4.05. The zero-order valence-electron chi connectivity index (χ0n) is 11.3. The van der Waals surface area contributed by atoms with Crippen LogP contribution in [0.1, 0.15) is 40.0 Å². The van der Waals surface area contributed by atoms with E-state index < -0.39 is 5.41 Å². The maximum absolute atomic E-state index is 11.3. The predicted molar refractivity (Wildman–Crippen MR) is 69.0 cm³/mol. The number of hydrogen-bond acceptors (Lipinski definition) is 5. The van der Waals surface area contributed by atoms with Crippen LogP contribution < -0.4 is 11.1 Å². The van der Waals surface area contributed by atoms with Crippen molar-refractivity contribution in [2.24, 2.45) is 11.1 Å². The molecule has 2 heterocycles. The molecule has 0 aliphatic carbocycles. The van der Waals surface area contributed by atoms with Gasteiger partial charge in [0.2, 0.25) is 0 Å². The van der Waals surface area contributed by atoms with E-state index >= 15 is 0 Å². The Balaban J connectivity index is 2.51. The van der Waals surface area contributed by atoms with Crippen LogP contribution in [0.25, 0.3) is 0 Å². The van der Waals surface area contributed by atoms with Gasteiger partial charge in [0.1, 0.15) is 0 Å². The highest BCUT2D eigenvalue weighted by Crippen LogP contribution is 2.44. The number of nitro groups is 1. The fraction of sp³-hybridized carbons (Fsp3) is 0.833. The number of nitrogens with zero attached hydrogens (tertiary/aromatic N) is 2. The summed E-state index contributed by atoms with van der Waals surface area (Å²) in [4.78, 5) is 12.9. The highest BCUT2D eigenvalue weighted by atomic mass is 16.6. The van der Waals surface area contributed by atoms with Crippen molar-refractivity contribution in [2.75, 3.05) is 13.1 Å². The topological polar surface area (TPSA) is 84.4 Å². The van der Waals surface area contributed by atoms with E-state index in [1.54, 1.807) is 0 Å². The first-order valence-corrected chi connectivity index (χ1v) is 6.45. The Morgan fingerprint density at radius 1 is 1.39 bits per heavy atom. The van der Waals surface area contributed by atoms with Gasteiger partial charge in [0.25, 0.3) is 5.70 Å². The molecule has 0 saturated carbocycles. The monoisotopic (exact) mass is 254 g/mol. The summed E-state index contributed by atoms with van der Waals surface area (Å²) in [5, 5.41) is 14.8. The normalized spacial score (nSPS) is 31.8. The van der Waals surface area contributed by atoms with Crippen LogP contribution >= 0.6 is 0 Å². The van der Waals surface area contributed by atoms with Crippen molar-refractivity contribution >= 4 is 0 Å². The largest absolute Gasteiger partial charge is 0.380 e. The van der Waals surface area contributed by atoms with Crippen LogP contribution in [0.2, 0.25) is 0 Å². The standard InChI is InChI=1S/C12H22N4O2/c1-11(2)8-12(3)14-6-4-5-7-15(12)10(13)9(11)16(17)18/h14H,4-8,13H2,1-3H3. The minimum absolute atomic E-state index is 0.156. The molecule has 0 aromatic heterocycles. The van der Waals surface area contributed by atoms with Crippen molar-refractivity contribution in [2.45, 2.75) is 45.7 Å². The Labute approximate surface area is 107 Å². The molecule has 0 radical (unpaired) electrons. The van der Waals surface area contributed by atoms with Crippen molar-refractivity contribution < 1.29 is 4.92 Å². The molecule has 0 aromatic carbocycles. The second kappa shape index (κ2) is 4.12. The van der Waals surface area contributed by atoms with E-state index in [2.05, 4.69) is 12.2 Å². The van der Waals surface area contributed by atoms with Crippen molar-refractivity contribution in [3.8, 4) is 0 Å². The van der Waals surface area contributed by atoms with Gasteiger partial charge in [-0.05, 0) is 46.6 Å². The molecule has 0 spiro atoms. The molecule has 18 heavy (non-hydrogen) atoms. The third kappa shape index (κ3) is 1.94. The maximum Gasteiger partial charge on any atom is 0.291 e. The van der Waals surface area contributed by atoms with E-state index in [0.717, 1.165) is 25.9 Å². The summed E-state index contributed by atoms with van der Waals surface area (Å²) in [6.45, 7) is 7.59. The maximum atomic E-state index is 11.3. The fourth-order valence-electron chi connectivity index (χ4n) is 3.40. The molecule has 0 aromatic rings. The van der Waals surface area contributed by atoms with E-state index in [-0.39, 0.29) is 16.3 Å². The summed E-state index contributed by atoms with van der Waals surface area (Å²) in [6, 6.07) is 0. The van der Waals surface area contributed by atoms with Crippen molar-refractivity contribution in [1.82, 2.24) is 10.2 Å². The number of hydrogen-bond donors (Lipinski definition) is 2. The molecule has 1 unspecified atom stereocenters. The molecule has 2 aliphatic heterocycles. The Morgan fingerprint density at radius 2 is 2.06 bits per heavy atom. The van der Waals surface area contributed by atoms with Gasteiger partial charge in [-0.1, -0.05) is 0 Å². The third-order valence-electron chi connectivity index (χ3n) is 4.05. The van der Waals surface area contributed by atoms with Crippen LogP contribution in [-0.2, 0) is 0 Å². The Morgan fingerprint density at radius 3 is 2.67 bits per heavy atom. The molecule has 1 atom stereocenters. The van der Waals surface area contributed by atoms with Crippen LogP contribution in [0.5, 0.6) is 0 Å². The van der Waals surface area contributed by atoms with E-state index in [0.29, 0.717) is 12.2 Å². The first-order chi connectivity index (χ1) is 8.28. The van der Waals surface area contributed by atoms with E-state index in [4.69, 9.17) is 5.73 Å². The van der Waals surface area contributed by atoms with Gasteiger partial charge >= 0.3 is 0 Å². The fourth-order valence-corrected chi connectivity index (χ4v) is 3.40. The van der Waals surface area contributed by atoms with Gasteiger partial charge in [0.05, 0.1) is 16.0 Å². The summed E-state index contributed by atoms with van der Waals surface area (Å²) in [5.74, 6) is 0.327. The van der Waals surface area contributed by atoms with Gasteiger partial charge < -0.3 is 10.6 Å². The number of nitrogens with two attached hydrogens (primary N) is 1. The molecule has 1 saturated heterocycles. The Kier molecular flexibility index (Phi) is 3.01. The van der Waals surface area contributed by atoms with Crippen molar-refractivity contribution in [3.05, 3.63) is 21.6 Å². The minimum atomic E-state index is -0.518. The Bertz CT molecular complexity index is 405. The number of fused-ring (bicyclic) bond motifs is 1. The van der Waals surface area contributed by atoms with Gasteiger partial charge in [-0.3, -0.25) is 15.4 Å². The quantitative estimate of drug-likeness (QED) is 0.543. The van der Waals surface area contributed by atoms with Gasteiger partial charge in [0, 0.05) is 6.54 Å². The summed E-state index contributed by atoms with van der Waals surface area (Å²) < 4.78 is 0. The van der Waals surface area contributed by atoms with Gasteiger partial charge in [-0.15, -0.1) is 0 Å². The average molecular weight is 254 g/mol. The highest BCUT2D eigenvalue weighted by Gasteiger charge is 2.51. The molecular formula is C12H22N4O2. The van der Waals surface area contributed by atoms with Gasteiger partial charge in [0.15, 0.2) is 5.82 Å². The minimum Gasteiger partial charge on any atom is -0.380 e. The molecule has 3 N–H and O–H groups in total. The van der Waals surface area contributed by atoms with Crippen molar-refractivity contribution in [1.29, 1.82) is 0 Å². The van der Waals surface area contributed by atoms with Gasteiger partial charge in [-0.2, -0.15) is 0 Å². The first-order valence-electron chi connectivity index (χ1n) is 6.45. The molecule has 0 amide bonds. The van der Waals surface area contributed by atoms with E-state index in [1.807, 2.05) is 18.7 Å².